The maximum atomic E-state index is 11.8. The minimum absolute atomic E-state index is 0.0452. The Morgan fingerprint density at radius 2 is 1.62 bits per heavy atom. The first kappa shape index (κ1) is 17.7. The van der Waals surface area contributed by atoms with Crippen LogP contribution in [0.5, 0.6) is 0 Å². The molecule has 0 unspecified atom stereocenters. The Hall–Kier alpha value is -3.13. The summed E-state index contributed by atoms with van der Waals surface area (Å²) in [7, 11) is 1.31. The number of rotatable bonds is 5. The van der Waals surface area contributed by atoms with Gasteiger partial charge in [0, 0.05) is 17.4 Å². The fourth-order valence-electron chi connectivity index (χ4n) is 2.42. The van der Waals surface area contributed by atoms with Crippen molar-refractivity contribution in [1.29, 1.82) is 5.41 Å². The topological polar surface area (TPSA) is 107 Å². The Morgan fingerprint density at radius 3 is 2.12 bits per heavy atom. The van der Waals surface area contributed by atoms with E-state index in [2.05, 4.69) is 10.1 Å². The molecule has 7 nitrogen and oxygen atoms in total. The van der Waals surface area contributed by atoms with Crippen molar-refractivity contribution in [2.45, 2.75) is 0 Å². The molecule has 0 aliphatic heterocycles. The van der Waals surface area contributed by atoms with E-state index in [4.69, 9.17) is 15.9 Å². The number of nitrogen functional groups attached to an aromatic ring is 1. The Bertz CT molecular complexity index is 949. The van der Waals surface area contributed by atoms with Gasteiger partial charge in [-0.05, 0) is 23.1 Å². The maximum Gasteiger partial charge on any atom is 0.376 e. The van der Waals surface area contributed by atoms with Gasteiger partial charge in [-0.1, -0.05) is 48.5 Å². The fraction of sp³-hybridized carbons (Fsp3) is 0.111. The summed E-state index contributed by atoms with van der Waals surface area (Å²) < 4.78 is 6.17. The van der Waals surface area contributed by atoms with Crippen molar-refractivity contribution in [2.24, 2.45) is 5.73 Å². The highest BCUT2D eigenvalue weighted by Gasteiger charge is 2.18. The summed E-state index contributed by atoms with van der Waals surface area (Å²) in [6.07, 6.45) is 1.80. The molecular weight excluding hydrogens is 350 g/mol. The molecule has 0 bridgehead atoms. The van der Waals surface area contributed by atoms with Crippen LogP contribution < -0.4 is 5.73 Å². The van der Waals surface area contributed by atoms with E-state index in [1.165, 1.54) is 23.1 Å². The van der Waals surface area contributed by atoms with Crippen LogP contribution in [0, 0.1) is 5.41 Å². The van der Waals surface area contributed by atoms with Crippen molar-refractivity contribution >= 4 is 23.8 Å². The molecule has 0 atom stereocenters. The van der Waals surface area contributed by atoms with E-state index in [0.717, 1.165) is 16.7 Å². The number of nitrogens with two attached hydrogens (primary N) is 1. The number of ether oxygens (including phenoxy) is 1. The molecule has 3 rings (SSSR count). The molecule has 0 radical (unpaired) electrons. The van der Waals surface area contributed by atoms with E-state index in [1.54, 1.807) is 6.26 Å². The minimum atomic E-state index is -0.528. The van der Waals surface area contributed by atoms with Crippen LogP contribution >= 0.6 is 11.9 Å². The van der Waals surface area contributed by atoms with E-state index in [1.807, 2.05) is 48.5 Å². The van der Waals surface area contributed by atoms with Crippen LogP contribution in [0.1, 0.15) is 16.2 Å². The third-order valence-corrected chi connectivity index (χ3v) is 4.39. The van der Waals surface area contributed by atoms with Gasteiger partial charge in [-0.25, -0.2) is 4.79 Å². The monoisotopic (exact) mass is 367 g/mol. The highest BCUT2D eigenvalue weighted by molar-refractivity contribution is 7.97. The normalized spacial score (nSPS) is 10.5. The van der Waals surface area contributed by atoms with Gasteiger partial charge < -0.3 is 10.5 Å². The molecule has 132 valence electrons. The van der Waals surface area contributed by atoms with E-state index in [9.17, 15) is 4.79 Å². The molecule has 0 fully saturated rings. The van der Waals surface area contributed by atoms with Crippen LogP contribution in [0.2, 0.25) is 0 Å². The van der Waals surface area contributed by atoms with Crippen molar-refractivity contribution in [2.75, 3.05) is 13.4 Å². The third kappa shape index (κ3) is 3.45. The maximum absolute atomic E-state index is 11.8. The SMILES string of the molecule is COC(=O)c1nc(-c2ccc(-c3ccc(C(=N)N)cc3)cc2)nn1SC. The standard InChI is InChI=1S/C18H17N5O2S/c1-25-18(24)17-21-16(22-23(17)26-2)14-9-5-12(6-10-14)11-3-7-13(8-4-11)15(19)20/h3-10H,1-2H3,(H3,19,20). The second-order valence-corrected chi connectivity index (χ2v) is 6.09. The number of benzene rings is 2. The zero-order chi connectivity index (χ0) is 18.7. The van der Waals surface area contributed by atoms with Crippen molar-refractivity contribution < 1.29 is 9.53 Å². The molecule has 0 saturated carbocycles. The summed E-state index contributed by atoms with van der Waals surface area (Å²) in [5.74, 6) is 0.126. The summed E-state index contributed by atoms with van der Waals surface area (Å²) in [6.45, 7) is 0. The van der Waals surface area contributed by atoms with Crippen LogP contribution in [0.15, 0.2) is 48.5 Å². The van der Waals surface area contributed by atoms with Gasteiger partial charge in [0.1, 0.15) is 5.84 Å². The highest BCUT2D eigenvalue weighted by atomic mass is 32.2. The zero-order valence-electron chi connectivity index (χ0n) is 14.3. The second-order valence-electron chi connectivity index (χ2n) is 5.37. The van der Waals surface area contributed by atoms with Gasteiger partial charge in [-0.15, -0.1) is 5.10 Å². The van der Waals surface area contributed by atoms with Gasteiger partial charge in [0.15, 0.2) is 5.82 Å². The number of nitrogens with one attached hydrogen (secondary N) is 1. The largest absolute Gasteiger partial charge is 0.463 e. The van der Waals surface area contributed by atoms with Crippen molar-refractivity contribution in [3.63, 3.8) is 0 Å². The number of hydrogen-bond donors (Lipinski definition) is 2. The molecule has 2 aromatic carbocycles. The average molecular weight is 367 g/mol. The van der Waals surface area contributed by atoms with Gasteiger partial charge in [-0.2, -0.15) is 9.07 Å². The van der Waals surface area contributed by atoms with Gasteiger partial charge in [0.2, 0.25) is 5.82 Å². The number of nitrogens with zero attached hydrogens (tertiary/aromatic N) is 3. The number of esters is 1. The van der Waals surface area contributed by atoms with Crippen LogP contribution in [0.4, 0.5) is 0 Å². The quantitative estimate of drug-likeness (QED) is 0.408. The van der Waals surface area contributed by atoms with Crippen LogP contribution in [0.25, 0.3) is 22.5 Å². The molecule has 26 heavy (non-hydrogen) atoms. The number of carbonyl (C=O) groups is 1. The first-order chi connectivity index (χ1) is 12.5. The highest BCUT2D eigenvalue weighted by Crippen LogP contribution is 2.24. The van der Waals surface area contributed by atoms with E-state index < -0.39 is 5.97 Å². The predicted octanol–water partition coefficient (Wildman–Crippen LogP) is 2.81. The molecule has 0 spiro atoms. The van der Waals surface area contributed by atoms with E-state index in [0.29, 0.717) is 11.4 Å². The summed E-state index contributed by atoms with van der Waals surface area (Å²) in [6, 6.07) is 15.2. The number of amidine groups is 1. The number of carbonyl (C=O) groups excluding carboxylic acids is 1. The van der Waals surface area contributed by atoms with Crippen LogP contribution in [0.3, 0.4) is 0 Å². The Kier molecular flexibility index (Phi) is 5.04. The third-order valence-electron chi connectivity index (χ3n) is 3.79. The molecule has 3 aromatic rings. The Morgan fingerprint density at radius 1 is 1.08 bits per heavy atom. The summed E-state index contributed by atoms with van der Waals surface area (Å²) in [4.78, 5) is 16.0. The van der Waals surface area contributed by atoms with Crippen LogP contribution in [-0.2, 0) is 4.74 Å². The fourth-order valence-corrected chi connectivity index (χ4v) is 2.86. The predicted molar refractivity (Wildman–Crippen MR) is 102 cm³/mol. The lowest BCUT2D eigenvalue weighted by Gasteiger charge is -2.04. The average Bonchev–Trinajstić information content (AvgIpc) is 3.12. The van der Waals surface area contributed by atoms with Gasteiger partial charge in [0.25, 0.3) is 0 Å². The first-order valence-electron chi connectivity index (χ1n) is 7.68. The number of aromatic nitrogens is 3. The Balaban J connectivity index is 1.89. The molecular formula is C18H17N5O2S. The van der Waals surface area contributed by atoms with E-state index in [-0.39, 0.29) is 11.7 Å². The molecule has 0 amide bonds. The minimum Gasteiger partial charge on any atom is -0.463 e. The lowest BCUT2D eigenvalue weighted by Crippen LogP contribution is -2.10. The van der Waals surface area contributed by atoms with Crippen molar-refractivity contribution in [3.05, 3.63) is 59.9 Å². The Labute approximate surface area is 154 Å². The lowest BCUT2D eigenvalue weighted by atomic mass is 10.0. The van der Waals surface area contributed by atoms with Crippen LogP contribution in [-0.4, -0.2) is 39.3 Å². The van der Waals surface area contributed by atoms with Crippen molar-refractivity contribution in [1.82, 2.24) is 14.2 Å². The molecule has 0 aliphatic carbocycles. The zero-order valence-corrected chi connectivity index (χ0v) is 15.1. The smallest absolute Gasteiger partial charge is 0.376 e. The molecule has 0 saturated heterocycles. The first-order valence-corrected chi connectivity index (χ1v) is 8.86. The van der Waals surface area contributed by atoms with Gasteiger partial charge >= 0.3 is 5.97 Å². The molecule has 3 N–H and O–H groups in total. The van der Waals surface area contributed by atoms with Gasteiger partial charge in [0.05, 0.1) is 7.11 Å². The molecule has 1 heterocycles. The number of methoxy groups -OCH3 is 1. The second kappa shape index (κ2) is 7.40. The number of hydrogen-bond acceptors (Lipinski definition) is 6. The summed E-state index contributed by atoms with van der Waals surface area (Å²) >= 11 is 1.27. The molecule has 1 aromatic heterocycles. The van der Waals surface area contributed by atoms with Gasteiger partial charge in [-0.3, -0.25) is 5.41 Å². The summed E-state index contributed by atoms with van der Waals surface area (Å²) in [5, 5.41) is 11.8. The lowest BCUT2D eigenvalue weighted by molar-refractivity contribution is 0.0585. The van der Waals surface area contributed by atoms with Crippen molar-refractivity contribution in [3.8, 4) is 22.5 Å². The van der Waals surface area contributed by atoms with E-state index >= 15 is 0 Å². The molecule has 8 heteroatoms. The molecule has 0 aliphatic rings. The summed E-state index contributed by atoms with van der Waals surface area (Å²) in [5.41, 5.74) is 8.99.